The van der Waals surface area contributed by atoms with Crippen molar-refractivity contribution in [1.29, 1.82) is 0 Å². The van der Waals surface area contributed by atoms with E-state index in [9.17, 15) is 9.59 Å². The number of ether oxygens (including phenoxy) is 1. The van der Waals surface area contributed by atoms with Gasteiger partial charge in [-0.2, -0.15) is 0 Å². The van der Waals surface area contributed by atoms with E-state index < -0.39 is 24.0 Å². The Balaban J connectivity index is 4.34. The zero-order valence-electron chi connectivity index (χ0n) is 8.96. The molecule has 0 saturated heterocycles. The smallest absolute Gasteiger partial charge is 0.330 e. The first-order valence-electron chi connectivity index (χ1n) is 4.32. The van der Waals surface area contributed by atoms with E-state index in [0.29, 0.717) is 0 Å². The van der Waals surface area contributed by atoms with Crippen molar-refractivity contribution in [1.82, 2.24) is 5.32 Å². The van der Waals surface area contributed by atoms with Crippen LogP contribution in [0.5, 0.6) is 0 Å². The van der Waals surface area contributed by atoms with Crippen LogP contribution < -0.4 is 5.32 Å². The molecule has 0 aromatic carbocycles. The largest absolute Gasteiger partial charge is 0.467 e. The first-order chi connectivity index (χ1) is 6.32. The van der Waals surface area contributed by atoms with Crippen LogP contribution in [-0.2, 0) is 14.3 Å². The summed E-state index contributed by atoms with van der Waals surface area (Å²) in [6, 6.07) is -0.980. The number of aliphatic hydroxyl groups is 1. The summed E-state index contributed by atoms with van der Waals surface area (Å²) in [5, 5.41) is 11.2. The zero-order chi connectivity index (χ0) is 11.4. The molecule has 1 unspecified atom stereocenters. The molecule has 1 amide bonds. The van der Waals surface area contributed by atoms with Gasteiger partial charge in [-0.3, -0.25) is 4.79 Å². The summed E-state index contributed by atoms with van der Waals surface area (Å²) < 4.78 is 4.40. The molecular weight excluding hydrogens is 186 g/mol. The van der Waals surface area contributed by atoms with Crippen LogP contribution in [0.1, 0.15) is 20.8 Å². The van der Waals surface area contributed by atoms with Gasteiger partial charge in [0.05, 0.1) is 13.7 Å². The lowest BCUT2D eigenvalue weighted by molar-refractivity contribution is -0.147. The van der Waals surface area contributed by atoms with Gasteiger partial charge in [-0.1, -0.05) is 20.8 Å². The Morgan fingerprint density at radius 1 is 1.43 bits per heavy atom. The monoisotopic (exact) mass is 203 g/mol. The molecule has 0 aliphatic heterocycles. The number of methoxy groups -OCH3 is 1. The number of esters is 1. The van der Waals surface area contributed by atoms with E-state index in [1.165, 1.54) is 7.11 Å². The standard InChI is InChI=1S/C9H17NO4/c1-9(2,3)8(13)10-6(5-11)7(12)14-4/h6,11H,5H2,1-4H3,(H,10,13). The fraction of sp³-hybridized carbons (Fsp3) is 0.778. The molecule has 5 nitrogen and oxygen atoms in total. The molecule has 0 aliphatic rings. The van der Waals surface area contributed by atoms with Crippen molar-refractivity contribution in [3.63, 3.8) is 0 Å². The highest BCUT2D eigenvalue weighted by atomic mass is 16.5. The summed E-state index contributed by atoms with van der Waals surface area (Å²) in [4.78, 5) is 22.4. The maximum Gasteiger partial charge on any atom is 0.330 e. The number of aliphatic hydroxyl groups excluding tert-OH is 1. The number of amides is 1. The highest BCUT2D eigenvalue weighted by Gasteiger charge is 2.27. The lowest BCUT2D eigenvalue weighted by Gasteiger charge is -2.21. The second-order valence-electron chi connectivity index (χ2n) is 3.98. The Labute approximate surface area is 83.4 Å². The van der Waals surface area contributed by atoms with Crippen molar-refractivity contribution in [2.75, 3.05) is 13.7 Å². The molecule has 0 aliphatic carbocycles. The number of carbonyl (C=O) groups excluding carboxylic acids is 2. The first kappa shape index (κ1) is 12.9. The van der Waals surface area contributed by atoms with E-state index in [-0.39, 0.29) is 5.91 Å². The molecule has 0 heterocycles. The maximum absolute atomic E-state index is 11.4. The van der Waals surface area contributed by atoms with E-state index in [1.807, 2.05) is 0 Å². The molecule has 0 spiro atoms. The topological polar surface area (TPSA) is 75.6 Å². The van der Waals surface area contributed by atoms with Gasteiger partial charge in [-0.25, -0.2) is 4.79 Å². The van der Waals surface area contributed by atoms with E-state index in [2.05, 4.69) is 10.1 Å². The maximum atomic E-state index is 11.4. The van der Waals surface area contributed by atoms with Crippen LogP contribution in [0.4, 0.5) is 0 Å². The van der Waals surface area contributed by atoms with E-state index >= 15 is 0 Å². The van der Waals surface area contributed by atoms with Gasteiger partial charge in [0.2, 0.25) is 5.91 Å². The first-order valence-corrected chi connectivity index (χ1v) is 4.32. The number of hydrogen-bond donors (Lipinski definition) is 2. The lowest BCUT2D eigenvalue weighted by Crippen LogP contribution is -2.48. The second-order valence-corrected chi connectivity index (χ2v) is 3.98. The number of nitrogens with one attached hydrogen (secondary N) is 1. The lowest BCUT2D eigenvalue weighted by atomic mass is 9.95. The molecule has 82 valence electrons. The van der Waals surface area contributed by atoms with E-state index in [1.54, 1.807) is 20.8 Å². The Bertz CT molecular complexity index is 219. The average Bonchev–Trinajstić information content (AvgIpc) is 2.10. The summed E-state index contributed by atoms with van der Waals surface area (Å²) in [6.45, 7) is 4.69. The van der Waals surface area contributed by atoms with Crippen LogP contribution in [0.15, 0.2) is 0 Å². The quantitative estimate of drug-likeness (QED) is 0.616. The molecule has 0 aromatic heterocycles. The predicted molar refractivity (Wildman–Crippen MR) is 50.5 cm³/mol. The second kappa shape index (κ2) is 4.95. The highest BCUT2D eigenvalue weighted by molar-refractivity contribution is 5.87. The summed E-state index contributed by atoms with van der Waals surface area (Å²) in [7, 11) is 1.20. The van der Waals surface area contributed by atoms with Crippen molar-refractivity contribution < 1.29 is 19.4 Å². The van der Waals surface area contributed by atoms with Gasteiger partial charge in [-0.05, 0) is 0 Å². The summed E-state index contributed by atoms with van der Waals surface area (Å²) in [5.41, 5.74) is -0.596. The van der Waals surface area contributed by atoms with Crippen molar-refractivity contribution >= 4 is 11.9 Å². The third kappa shape index (κ3) is 3.74. The minimum atomic E-state index is -0.980. The Kier molecular flexibility index (Phi) is 4.56. The molecule has 2 N–H and O–H groups in total. The third-order valence-electron chi connectivity index (χ3n) is 1.65. The van der Waals surface area contributed by atoms with Gasteiger partial charge in [0.25, 0.3) is 0 Å². The van der Waals surface area contributed by atoms with Crippen LogP contribution in [0, 0.1) is 5.41 Å². The molecule has 0 fully saturated rings. The normalized spacial score (nSPS) is 13.2. The molecule has 0 bridgehead atoms. The molecule has 1 atom stereocenters. The van der Waals surface area contributed by atoms with E-state index in [0.717, 1.165) is 0 Å². The van der Waals surface area contributed by atoms with Crippen molar-refractivity contribution in [2.45, 2.75) is 26.8 Å². The van der Waals surface area contributed by atoms with Crippen molar-refractivity contribution in [3.8, 4) is 0 Å². The Hall–Kier alpha value is -1.10. The van der Waals surface area contributed by atoms with Gasteiger partial charge >= 0.3 is 5.97 Å². The van der Waals surface area contributed by atoms with Crippen LogP contribution in [0.25, 0.3) is 0 Å². The van der Waals surface area contributed by atoms with Gasteiger partial charge in [0.15, 0.2) is 6.04 Å². The fourth-order valence-corrected chi connectivity index (χ4v) is 0.696. The molecule has 0 saturated carbocycles. The van der Waals surface area contributed by atoms with Crippen LogP contribution in [0.3, 0.4) is 0 Å². The predicted octanol–water partition coefficient (Wildman–Crippen LogP) is -0.317. The number of hydrogen-bond acceptors (Lipinski definition) is 4. The van der Waals surface area contributed by atoms with Gasteiger partial charge in [0.1, 0.15) is 0 Å². The van der Waals surface area contributed by atoms with E-state index in [4.69, 9.17) is 5.11 Å². The van der Waals surface area contributed by atoms with Crippen molar-refractivity contribution in [3.05, 3.63) is 0 Å². The molecule has 0 radical (unpaired) electrons. The van der Waals surface area contributed by atoms with Gasteiger partial charge in [-0.15, -0.1) is 0 Å². The third-order valence-corrected chi connectivity index (χ3v) is 1.65. The number of rotatable bonds is 3. The van der Waals surface area contributed by atoms with Crippen LogP contribution in [0.2, 0.25) is 0 Å². The minimum absolute atomic E-state index is 0.304. The van der Waals surface area contributed by atoms with Gasteiger partial charge < -0.3 is 15.2 Å². The van der Waals surface area contributed by atoms with Crippen LogP contribution >= 0.6 is 0 Å². The fourth-order valence-electron chi connectivity index (χ4n) is 0.696. The minimum Gasteiger partial charge on any atom is -0.467 e. The molecular formula is C9H17NO4. The van der Waals surface area contributed by atoms with Crippen LogP contribution in [-0.4, -0.2) is 36.7 Å². The van der Waals surface area contributed by atoms with Gasteiger partial charge in [0, 0.05) is 5.41 Å². The summed E-state index contributed by atoms with van der Waals surface area (Å²) in [6.07, 6.45) is 0. The molecule has 0 aromatic rings. The Morgan fingerprint density at radius 3 is 2.21 bits per heavy atom. The SMILES string of the molecule is COC(=O)C(CO)NC(=O)C(C)(C)C. The Morgan fingerprint density at radius 2 is 1.93 bits per heavy atom. The van der Waals surface area contributed by atoms with Crippen molar-refractivity contribution in [2.24, 2.45) is 5.41 Å². The summed E-state index contributed by atoms with van der Waals surface area (Å²) >= 11 is 0. The summed E-state index contributed by atoms with van der Waals surface area (Å²) in [5.74, 6) is -0.952. The molecule has 14 heavy (non-hydrogen) atoms. The molecule has 5 heteroatoms. The molecule has 0 rings (SSSR count). The highest BCUT2D eigenvalue weighted by Crippen LogP contribution is 2.12. The average molecular weight is 203 g/mol. The zero-order valence-corrected chi connectivity index (χ0v) is 8.96. The number of carbonyl (C=O) groups is 2.